The number of halogens is 1. The lowest BCUT2D eigenvalue weighted by Crippen LogP contribution is -2.35. The topological polar surface area (TPSA) is 45.6 Å². The first kappa shape index (κ1) is 21.7. The van der Waals surface area contributed by atoms with Crippen molar-refractivity contribution in [1.82, 2.24) is 9.88 Å². The summed E-state index contributed by atoms with van der Waals surface area (Å²) in [6, 6.07) is 21.5. The van der Waals surface area contributed by atoms with Crippen molar-refractivity contribution in [3.8, 4) is 22.4 Å². The van der Waals surface area contributed by atoms with Crippen molar-refractivity contribution in [2.45, 2.75) is 20.1 Å². The van der Waals surface area contributed by atoms with Gasteiger partial charge in [-0.15, -0.1) is 0 Å². The molecule has 1 N–H and O–H groups in total. The molecule has 1 aliphatic rings. The SMILES string of the molecule is Cc1c(-c2ccc(-c3ccccc3CN3CCOCC3)cc2)nc2ccc(F)cc2c1CO. The Morgan fingerprint density at radius 3 is 2.45 bits per heavy atom. The van der Waals surface area contributed by atoms with Gasteiger partial charge in [-0.2, -0.15) is 0 Å². The molecule has 5 rings (SSSR count). The van der Waals surface area contributed by atoms with Crippen LogP contribution in [0.3, 0.4) is 0 Å². The van der Waals surface area contributed by atoms with E-state index >= 15 is 0 Å². The first-order valence-corrected chi connectivity index (χ1v) is 11.3. The van der Waals surface area contributed by atoms with E-state index in [1.165, 1.54) is 23.3 Å². The molecule has 5 heteroatoms. The predicted octanol–water partition coefficient (Wildman–Crippen LogP) is 5.34. The number of morpholine rings is 1. The van der Waals surface area contributed by atoms with Crippen LogP contribution in [-0.4, -0.2) is 41.3 Å². The molecule has 0 bridgehead atoms. The van der Waals surface area contributed by atoms with Crippen molar-refractivity contribution in [3.63, 3.8) is 0 Å². The highest BCUT2D eigenvalue weighted by Gasteiger charge is 2.16. The van der Waals surface area contributed by atoms with Gasteiger partial charge in [-0.25, -0.2) is 9.37 Å². The van der Waals surface area contributed by atoms with Gasteiger partial charge >= 0.3 is 0 Å². The Morgan fingerprint density at radius 2 is 1.70 bits per heavy atom. The lowest BCUT2D eigenvalue weighted by Gasteiger charge is -2.27. The van der Waals surface area contributed by atoms with Crippen molar-refractivity contribution < 1.29 is 14.2 Å². The molecule has 0 atom stereocenters. The van der Waals surface area contributed by atoms with Gasteiger partial charge in [-0.1, -0.05) is 48.5 Å². The van der Waals surface area contributed by atoms with Gasteiger partial charge in [0.05, 0.1) is 31.0 Å². The Morgan fingerprint density at radius 1 is 0.970 bits per heavy atom. The zero-order valence-electron chi connectivity index (χ0n) is 18.7. The third kappa shape index (κ3) is 4.40. The van der Waals surface area contributed by atoms with Gasteiger partial charge in [0, 0.05) is 30.6 Å². The number of rotatable bonds is 5. The van der Waals surface area contributed by atoms with Crippen LogP contribution in [0.2, 0.25) is 0 Å². The van der Waals surface area contributed by atoms with Crippen molar-refractivity contribution in [2.75, 3.05) is 26.3 Å². The van der Waals surface area contributed by atoms with Gasteiger partial charge in [-0.05, 0) is 52.9 Å². The van der Waals surface area contributed by atoms with Gasteiger partial charge in [-0.3, -0.25) is 4.90 Å². The molecule has 4 nitrogen and oxygen atoms in total. The number of nitrogens with zero attached hydrogens (tertiary/aromatic N) is 2. The third-order valence-corrected chi connectivity index (χ3v) is 6.47. The number of hydrogen-bond donors (Lipinski definition) is 1. The van der Waals surface area contributed by atoms with Gasteiger partial charge in [0.15, 0.2) is 0 Å². The number of pyridine rings is 1. The Balaban J connectivity index is 1.49. The molecule has 4 aromatic rings. The van der Waals surface area contributed by atoms with Crippen LogP contribution in [0.25, 0.3) is 33.3 Å². The quantitative estimate of drug-likeness (QED) is 0.453. The molecule has 1 fully saturated rings. The molecular weight excluding hydrogens is 415 g/mol. The molecule has 0 spiro atoms. The molecule has 33 heavy (non-hydrogen) atoms. The van der Waals surface area contributed by atoms with Crippen molar-refractivity contribution in [3.05, 3.63) is 89.2 Å². The fourth-order valence-electron chi connectivity index (χ4n) is 4.63. The molecule has 0 saturated carbocycles. The molecule has 2 heterocycles. The van der Waals surface area contributed by atoms with Crippen LogP contribution >= 0.6 is 0 Å². The number of aromatic nitrogens is 1. The minimum Gasteiger partial charge on any atom is -0.392 e. The van der Waals surface area contributed by atoms with E-state index in [1.54, 1.807) is 6.07 Å². The molecule has 1 aliphatic heterocycles. The van der Waals surface area contributed by atoms with Crippen molar-refractivity contribution in [1.29, 1.82) is 0 Å². The van der Waals surface area contributed by atoms with Crippen LogP contribution in [0.1, 0.15) is 16.7 Å². The average molecular weight is 443 g/mol. The maximum atomic E-state index is 13.8. The summed E-state index contributed by atoms with van der Waals surface area (Å²) in [5.41, 5.74) is 7.74. The normalized spacial score (nSPS) is 14.6. The van der Waals surface area contributed by atoms with E-state index in [4.69, 9.17) is 9.72 Å². The van der Waals surface area contributed by atoms with Crippen LogP contribution in [0.15, 0.2) is 66.7 Å². The second-order valence-corrected chi connectivity index (χ2v) is 8.51. The predicted molar refractivity (Wildman–Crippen MR) is 129 cm³/mol. The molecule has 168 valence electrons. The van der Waals surface area contributed by atoms with Crippen LogP contribution in [0.5, 0.6) is 0 Å². The summed E-state index contributed by atoms with van der Waals surface area (Å²) in [6.07, 6.45) is 0. The molecule has 1 saturated heterocycles. The lowest BCUT2D eigenvalue weighted by molar-refractivity contribution is 0.0342. The molecule has 3 aromatic carbocycles. The van der Waals surface area contributed by atoms with Crippen LogP contribution in [-0.2, 0) is 17.9 Å². The highest BCUT2D eigenvalue weighted by Crippen LogP contribution is 2.32. The van der Waals surface area contributed by atoms with Gasteiger partial charge < -0.3 is 9.84 Å². The lowest BCUT2D eigenvalue weighted by atomic mass is 9.95. The monoisotopic (exact) mass is 442 g/mol. The van der Waals surface area contributed by atoms with Crippen LogP contribution in [0.4, 0.5) is 4.39 Å². The Labute approximate surface area is 193 Å². The summed E-state index contributed by atoms with van der Waals surface area (Å²) in [5, 5.41) is 10.6. The largest absolute Gasteiger partial charge is 0.392 e. The standard InChI is InChI=1S/C28H27FN2O2/c1-19-26(18-32)25-16-23(29)10-11-27(25)30-28(19)21-8-6-20(7-9-21)24-5-3-2-4-22(24)17-31-12-14-33-15-13-31/h2-11,16,32H,12-15,17-18H2,1H3. The van der Waals surface area contributed by atoms with E-state index in [0.717, 1.165) is 60.8 Å². The van der Waals surface area contributed by atoms with E-state index < -0.39 is 0 Å². The molecule has 0 amide bonds. The number of benzene rings is 3. The third-order valence-electron chi connectivity index (χ3n) is 6.47. The van der Waals surface area contributed by atoms with E-state index in [1.807, 2.05) is 6.92 Å². The maximum absolute atomic E-state index is 13.8. The molecule has 0 radical (unpaired) electrons. The Bertz CT molecular complexity index is 1280. The molecule has 1 aromatic heterocycles. The van der Waals surface area contributed by atoms with Crippen molar-refractivity contribution in [2.24, 2.45) is 0 Å². The highest BCUT2D eigenvalue weighted by atomic mass is 19.1. The molecule has 0 unspecified atom stereocenters. The van der Waals surface area contributed by atoms with Gasteiger partial charge in [0.25, 0.3) is 0 Å². The summed E-state index contributed by atoms with van der Waals surface area (Å²) in [5.74, 6) is -0.328. The summed E-state index contributed by atoms with van der Waals surface area (Å²) in [6.45, 7) is 6.17. The maximum Gasteiger partial charge on any atom is 0.123 e. The van der Waals surface area contributed by atoms with E-state index in [2.05, 4.69) is 53.4 Å². The number of aliphatic hydroxyl groups is 1. The van der Waals surface area contributed by atoms with Crippen LogP contribution < -0.4 is 0 Å². The van der Waals surface area contributed by atoms with Crippen molar-refractivity contribution >= 4 is 10.9 Å². The fraction of sp³-hybridized carbons (Fsp3) is 0.250. The Kier molecular flexibility index (Phi) is 6.18. The minimum atomic E-state index is -0.328. The summed E-state index contributed by atoms with van der Waals surface area (Å²) in [7, 11) is 0. The zero-order chi connectivity index (χ0) is 22.8. The summed E-state index contributed by atoms with van der Waals surface area (Å²) < 4.78 is 19.3. The number of fused-ring (bicyclic) bond motifs is 1. The molecule has 0 aliphatic carbocycles. The second kappa shape index (κ2) is 9.40. The van der Waals surface area contributed by atoms with E-state index in [-0.39, 0.29) is 12.4 Å². The first-order chi connectivity index (χ1) is 16.1. The second-order valence-electron chi connectivity index (χ2n) is 8.51. The number of hydrogen-bond acceptors (Lipinski definition) is 4. The van der Waals surface area contributed by atoms with E-state index in [0.29, 0.717) is 10.9 Å². The number of aliphatic hydroxyl groups excluding tert-OH is 1. The first-order valence-electron chi connectivity index (χ1n) is 11.3. The summed E-state index contributed by atoms with van der Waals surface area (Å²) >= 11 is 0. The zero-order valence-corrected chi connectivity index (χ0v) is 18.7. The highest BCUT2D eigenvalue weighted by molar-refractivity contribution is 5.87. The number of ether oxygens (including phenoxy) is 1. The van der Waals surface area contributed by atoms with Gasteiger partial charge in [0.2, 0.25) is 0 Å². The minimum absolute atomic E-state index is 0.158. The van der Waals surface area contributed by atoms with Gasteiger partial charge in [0.1, 0.15) is 5.82 Å². The smallest absolute Gasteiger partial charge is 0.123 e. The fourth-order valence-corrected chi connectivity index (χ4v) is 4.63. The summed E-state index contributed by atoms with van der Waals surface area (Å²) in [4.78, 5) is 7.22. The van der Waals surface area contributed by atoms with E-state index in [9.17, 15) is 9.50 Å². The average Bonchev–Trinajstić information content (AvgIpc) is 2.85. The van der Waals surface area contributed by atoms with Crippen LogP contribution in [0, 0.1) is 12.7 Å². The Hall–Kier alpha value is -3.12. The molecular formula is C28H27FN2O2.